The number of nitrogens with zero attached hydrogens (tertiary/aromatic N) is 2. The van der Waals surface area contributed by atoms with Crippen LogP contribution in [0, 0.1) is 5.92 Å². The van der Waals surface area contributed by atoms with Crippen LogP contribution in [0.15, 0.2) is 12.3 Å². The number of ether oxygens (including phenoxy) is 1. The van der Waals surface area contributed by atoms with Crippen molar-refractivity contribution in [2.75, 3.05) is 32.0 Å². The van der Waals surface area contributed by atoms with Gasteiger partial charge < -0.3 is 19.9 Å². The molecule has 1 aromatic rings. The number of aromatic nitrogens is 1. The fraction of sp³-hybridized carbons (Fsp3) is 0.615. The van der Waals surface area contributed by atoms with E-state index in [-0.39, 0.29) is 5.91 Å². The molecule has 5 nitrogen and oxygen atoms in total. The molecule has 2 rings (SSSR count). The average Bonchev–Trinajstić information content (AvgIpc) is 2.95. The van der Waals surface area contributed by atoms with Gasteiger partial charge in [-0.15, -0.1) is 0 Å². The lowest BCUT2D eigenvalue weighted by Gasteiger charge is -2.23. The highest BCUT2D eigenvalue weighted by Crippen LogP contribution is 2.17. The molecule has 5 heteroatoms. The number of hydrogen-bond donors (Lipinski definition) is 1. The number of carbonyl (C=O) groups excluding carboxylic acids is 1. The van der Waals surface area contributed by atoms with Crippen LogP contribution >= 0.6 is 0 Å². The van der Waals surface area contributed by atoms with E-state index in [1.54, 1.807) is 16.8 Å². The third kappa shape index (κ3) is 2.67. The molecule has 0 radical (unpaired) electrons. The molecule has 2 N–H and O–H groups in total. The van der Waals surface area contributed by atoms with Crippen LogP contribution in [0.5, 0.6) is 0 Å². The molecule has 18 heavy (non-hydrogen) atoms. The Hall–Kier alpha value is -1.49. The van der Waals surface area contributed by atoms with Gasteiger partial charge >= 0.3 is 0 Å². The second kappa shape index (κ2) is 5.44. The predicted octanol–water partition coefficient (Wildman–Crippen LogP) is 1.11. The molecule has 1 saturated heterocycles. The van der Waals surface area contributed by atoms with Crippen molar-refractivity contribution < 1.29 is 9.53 Å². The van der Waals surface area contributed by atoms with Crippen LogP contribution in [0.2, 0.25) is 0 Å². The highest BCUT2D eigenvalue weighted by molar-refractivity contribution is 5.93. The maximum Gasteiger partial charge on any atom is 0.270 e. The van der Waals surface area contributed by atoms with Crippen molar-refractivity contribution in [3.05, 3.63) is 18.0 Å². The van der Waals surface area contributed by atoms with Gasteiger partial charge in [0.15, 0.2) is 0 Å². The fourth-order valence-corrected chi connectivity index (χ4v) is 2.36. The van der Waals surface area contributed by atoms with E-state index in [1.807, 2.05) is 18.9 Å². The van der Waals surface area contributed by atoms with Gasteiger partial charge in [0.1, 0.15) is 5.69 Å². The number of rotatable bonds is 4. The van der Waals surface area contributed by atoms with Gasteiger partial charge in [0, 0.05) is 38.9 Å². The zero-order valence-electron chi connectivity index (χ0n) is 11.1. The molecular weight excluding hydrogens is 230 g/mol. The van der Waals surface area contributed by atoms with Crippen LogP contribution in [0.1, 0.15) is 23.8 Å². The molecular formula is C13H21N3O2. The van der Waals surface area contributed by atoms with Gasteiger partial charge in [-0.05, 0) is 19.4 Å². The monoisotopic (exact) mass is 251 g/mol. The predicted molar refractivity (Wildman–Crippen MR) is 70.3 cm³/mol. The van der Waals surface area contributed by atoms with Crippen LogP contribution < -0.4 is 5.73 Å². The van der Waals surface area contributed by atoms with Gasteiger partial charge in [0.2, 0.25) is 0 Å². The van der Waals surface area contributed by atoms with Crippen molar-refractivity contribution >= 4 is 11.6 Å². The Labute approximate surface area is 108 Å². The summed E-state index contributed by atoms with van der Waals surface area (Å²) in [4.78, 5) is 14.3. The Morgan fingerprint density at radius 1 is 1.67 bits per heavy atom. The molecule has 0 bridgehead atoms. The number of nitrogen functional groups attached to an aromatic ring is 1. The lowest BCUT2D eigenvalue weighted by atomic mass is 10.1. The topological polar surface area (TPSA) is 60.5 Å². The molecule has 0 aromatic carbocycles. The van der Waals surface area contributed by atoms with E-state index < -0.39 is 0 Å². The van der Waals surface area contributed by atoms with Gasteiger partial charge in [0.05, 0.1) is 12.3 Å². The first-order valence-electron chi connectivity index (χ1n) is 6.40. The van der Waals surface area contributed by atoms with Gasteiger partial charge in [-0.2, -0.15) is 0 Å². The normalized spacial score (nSPS) is 19.1. The highest BCUT2D eigenvalue weighted by Gasteiger charge is 2.23. The largest absolute Gasteiger partial charge is 0.397 e. The van der Waals surface area contributed by atoms with Crippen molar-refractivity contribution in [3.63, 3.8) is 0 Å². The smallest absolute Gasteiger partial charge is 0.270 e. The second-order valence-electron chi connectivity index (χ2n) is 4.84. The SMILES string of the molecule is CCN(CC1CCOC1)C(=O)c1cc(N)cn1C. The van der Waals surface area contributed by atoms with E-state index in [0.29, 0.717) is 23.8 Å². The number of anilines is 1. The number of carbonyl (C=O) groups is 1. The summed E-state index contributed by atoms with van der Waals surface area (Å²) in [7, 11) is 1.84. The minimum atomic E-state index is 0.0450. The maximum atomic E-state index is 12.4. The molecule has 1 aromatic heterocycles. The van der Waals surface area contributed by atoms with Crippen molar-refractivity contribution in [3.8, 4) is 0 Å². The summed E-state index contributed by atoms with van der Waals surface area (Å²) in [6, 6.07) is 1.73. The lowest BCUT2D eigenvalue weighted by Crippen LogP contribution is -2.36. The van der Waals surface area contributed by atoms with Gasteiger partial charge in [0.25, 0.3) is 5.91 Å². The van der Waals surface area contributed by atoms with Crippen molar-refractivity contribution in [2.45, 2.75) is 13.3 Å². The first-order chi connectivity index (χ1) is 8.61. The number of nitrogens with two attached hydrogens (primary N) is 1. The van der Waals surface area contributed by atoms with E-state index >= 15 is 0 Å². The van der Waals surface area contributed by atoms with Crippen LogP contribution in [0.25, 0.3) is 0 Å². The zero-order valence-corrected chi connectivity index (χ0v) is 11.1. The minimum absolute atomic E-state index is 0.0450. The minimum Gasteiger partial charge on any atom is -0.397 e. The van der Waals surface area contributed by atoms with E-state index in [4.69, 9.17) is 10.5 Å². The summed E-state index contributed by atoms with van der Waals surface area (Å²) < 4.78 is 7.14. The molecule has 1 amide bonds. The lowest BCUT2D eigenvalue weighted by molar-refractivity contribution is 0.0721. The molecule has 100 valence electrons. The van der Waals surface area contributed by atoms with Crippen LogP contribution in [-0.4, -0.2) is 41.7 Å². The first kappa shape index (κ1) is 13.0. The van der Waals surface area contributed by atoms with Crippen molar-refractivity contribution in [2.24, 2.45) is 13.0 Å². The molecule has 1 atom stereocenters. The second-order valence-corrected chi connectivity index (χ2v) is 4.84. The first-order valence-corrected chi connectivity index (χ1v) is 6.40. The van der Waals surface area contributed by atoms with E-state index in [9.17, 15) is 4.79 Å². The molecule has 0 aliphatic carbocycles. The molecule has 1 aliphatic rings. The molecule has 0 spiro atoms. The standard InChI is InChI=1S/C13H21N3O2/c1-3-16(7-10-4-5-18-9-10)13(17)12-6-11(14)8-15(12)2/h6,8,10H,3-5,7,9,14H2,1-2H3. The van der Waals surface area contributed by atoms with Crippen molar-refractivity contribution in [1.29, 1.82) is 0 Å². The van der Waals surface area contributed by atoms with Gasteiger partial charge in [-0.3, -0.25) is 4.79 Å². The highest BCUT2D eigenvalue weighted by atomic mass is 16.5. The van der Waals surface area contributed by atoms with E-state index in [2.05, 4.69) is 0 Å². The third-order valence-electron chi connectivity index (χ3n) is 3.42. The van der Waals surface area contributed by atoms with E-state index in [0.717, 1.165) is 26.2 Å². The molecule has 1 unspecified atom stereocenters. The van der Waals surface area contributed by atoms with Gasteiger partial charge in [-0.1, -0.05) is 0 Å². The number of hydrogen-bond acceptors (Lipinski definition) is 3. The van der Waals surface area contributed by atoms with Crippen molar-refractivity contribution in [1.82, 2.24) is 9.47 Å². The number of aryl methyl sites for hydroxylation is 1. The Kier molecular flexibility index (Phi) is 3.91. The third-order valence-corrected chi connectivity index (χ3v) is 3.42. The summed E-state index contributed by atoms with van der Waals surface area (Å²) in [5.41, 5.74) is 6.98. The van der Waals surface area contributed by atoms with Crippen LogP contribution in [-0.2, 0) is 11.8 Å². The van der Waals surface area contributed by atoms with Gasteiger partial charge in [-0.25, -0.2) is 0 Å². The number of amides is 1. The summed E-state index contributed by atoms with van der Waals surface area (Å²) in [5.74, 6) is 0.509. The Bertz CT molecular complexity index is 422. The van der Waals surface area contributed by atoms with Crippen LogP contribution in [0.3, 0.4) is 0 Å². The van der Waals surface area contributed by atoms with E-state index in [1.165, 1.54) is 0 Å². The Morgan fingerprint density at radius 2 is 2.44 bits per heavy atom. The Morgan fingerprint density at radius 3 is 2.94 bits per heavy atom. The Balaban J connectivity index is 2.07. The fourth-order valence-electron chi connectivity index (χ4n) is 2.36. The maximum absolute atomic E-state index is 12.4. The molecule has 1 aliphatic heterocycles. The summed E-state index contributed by atoms with van der Waals surface area (Å²) in [6.45, 7) is 5.05. The summed E-state index contributed by atoms with van der Waals surface area (Å²) >= 11 is 0. The quantitative estimate of drug-likeness (QED) is 0.872. The zero-order chi connectivity index (χ0) is 13.1. The summed E-state index contributed by atoms with van der Waals surface area (Å²) in [5, 5.41) is 0. The summed E-state index contributed by atoms with van der Waals surface area (Å²) in [6.07, 6.45) is 2.80. The average molecular weight is 251 g/mol. The molecule has 1 fully saturated rings. The van der Waals surface area contributed by atoms with Crippen LogP contribution in [0.4, 0.5) is 5.69 Å². The molecule has 0 saturated carbocycles. The molecule has 2 heterocycles.